The number of alkyl halides is 3. The van der Waals surface area contributed by atoms with Gasteiger partial charge < -0.3 is 10.2 Å². The van der Waals surface area contributed by atoms with E-state index in [9.17, 15) is 18.0 Å². The third kappa shape index (κ3) is 4.49. The van der Waals surface area contributed by atoms with E-state index in [4.69, 9.17) is 11.6 Å². The van der Waals surface area contributed by atoms with Crippen LogP contribution < -0.4 is 10.2 Å². The van der Waals surface area contributed by atoms with Crippen LogP contribution in [0.25, 0.3) is 5.65 Å². The Morgan fingerprint density at radius 3 is 2.52 bits per heavy atom. The van der Waals surface area contributed by atoms with Crippen molar-refractivity contribution in [1.82, 2.24) is 14.7 Å². The summed E-state index contributed by atoms with van der Waals surface area (Å²) in [6, 6.07) is 12.2. The summed E-state index contributed by atoms with van der Waals surface area (Å²) in [6.45, 7) is 0. The van der Waals surface area contributed by atoms with Crippen LogP contribution in [0.15, 0.2) is 48.7 Å². The molecular formula is C22H22ClF3N4O. The molecule has 1 fully saturated rings. The number of amides is 1. The maximum Gasteiger partial charge on any atom is 0.434 e. The van der Waals surface area contributed by atoms with E-state index >= 15 is 0 Å². The first-order valence-corrected chi connectivity index (χ1v) is 10.5. The molecule has 0 saturated heterocycles. The van der Waals surface area contributed by atoms with Crippen molar-refractivity contribution in [2.45, 2.75) is 43.9 Å². The second-order valence-corrected chi connectivity index (χ2v) is 8.21. The number of aromatic nitrogens is 2. The van der Waals surface area contributed by atoms with E-state index < -0.39 is 11.9 Å². The molecule has 1 aliphatic carbocycles. The fraction of sp³-hybridized carbons (Fsp3) is 0.364. The molecule has 2 heterocycles. The summed E-state index contributed by atoms with van der Waals surface area (Å²) in [6.07, 6.45) is -0.281. The molecule has 1 saturated carbocycles. The van der Waals surface area contributed by atoms with Crippen LogP contribution >= 0.6 is 11.6 Å². The molecule has 0 unspecified atom stereocenters. The lowest BCUT2D eigenvalue weighted by Crippen LogP contribution is -2.43. The predicted molar refractivity (Wildman–Crippen MR) is 114 cm³/mol. The number of fused-ring (bicyclic) bond motifs is 1. The predicted octanol–water partition coefficient (Wildman–Crippen LogP) is 5.18. The third-order valence-corrected chi connectivity index (χ3v) is 6.15. The highest BCUT2D eigenvalue weighted by molar-refractivity contribution is 6.33. The molecule has 0 spiro atoms. The maximum atomic E-state index is 13.1. The molecule has 4 rings (SSSR count). The fourth-order valence-electron chi connectivity index (χ4n) is 4.12. The van der Waals surface area contributed by atoms with E-state index in [0.717, 1.165) is 31.9 Å². The Labute approximate surface area is 182 Å². The van der Waals surface area contributed by atoms with Crippen LogP contribution in [0, 0.1) is 0 Å². The van der Waals surface area contributed by atoms with Crippen LogP contribution in [0.2, 0.25) is 5.02 Å². The van der Waals surface area contributed by atoms with Crippen molar-refractivity contribution < 1.29 is 18.0 Å². The number of imidazole rings is 1. The number of nitrogens with zero attached hydrogens (tertiary/aromatic N) is 3. The second-order valence-electron chi connectivity index (χ2n) is 7.81. The molecule has 1 aromatic carbocycles. The maximum absolute atomic E-state index is 13.1. The monoisotopic (exact) mass is 450 g/mol. The molecule has 1 aliphatic rings. The van der Waals surface area contributed by atoms with E-state index in [2.05, 4.69) is 10.3 Å². The van der Waals surface area contributed by atoms with E-state index in [0.29, 0.717) is 16.4 Å². The van der Waals surface area contributed by atoms with Gasteiger partial charge in [-0.25, -0.2) is 4.98 Å². The topological polar surface area (TPSA) is 49.6 Å². The molecule has 3 aromatic rings. The van der Waals surface area contributed by atoms with Crippen LogP contribution in [-0.4, -0.2) is 34.4 Å². The molecule has 31 heavy (non-hydrogen) atoms. The Hall–Kier alpha value is -2.74. The third-order valence-electron chi connectivity index (χ3n) is 5.82. The van der Waals surface area contributed by atoms with Crippen molar-refractivity contribution in [3.8, 4) is 0 Å². The van der Waals surface area contributed by atoms with Crippen LogP contribution in [0.4, 0.5) is 19.0 Å². The number of rotatable bonds is 4. The number of carbonyl (C=O) groups excluding carboxylic acids is 1. The Bertz CT molecular complexity index is 1090. The minimum atomic E-state index is -4.49. The average Bonchev–Trinajstić information content (AvgIpc) is 3.19. The van der Waals surface area contributed by atoms with Crippen LogP contribution in [0.1, 0.15) is 41.7 Å². The van der Waals surface area contributed by atoms with Gasteiger partial charge >= 0.3 is 6.18 Å². The molecule has 1 N–H and O–H groups in total. The summed E-state index contributed by atoms with van der Waals surface area (Å²) in [7, 11) is 1.88. The minimum Gasteiger partial charge on any atom is -0.358 e. The van der Waals surface area contributed by atoms with Gasteiger partial charge in [0.1, 0.15) is 11.5 Å². The van der Waals surface area contributed by atoms with Gasteiger partial charge in [0.25, 0.3) is 5.91 Å². The summed E-state index contributed by atoms with van der Waals surface area (Å²) in [5, 5.41) is 3.46. The Kier molecular flexibility index (Phi) is 5.83. The lowest BCUT2D eigenvalue weighted by molar-refractivity contribution is -0.140. The first kappa shape index (κ1) is 21.5. The van der Waals surface area contributed by atoms with Crippen molar-refractivity contribution in [3.05, 3.63) is 64.9 Å². The first-order chi connectivity index (χ1) is 14.7. The van der Waals surface area contributed by atoms with Crippen molar-refractivity contribution in [3.63, 3.8) is 0 Å². The molecular weight excluding hydrogens is 429 g/mol. The number of nitrogens with one attached hydrogen (secondary N) is 1. The zero-order valence-electron chi connectivity index (χ0n) is 16.9. The lowest BCUT2D eigenvalue weighted by atomic mass is 9.90. The van der Waals surface area contributed by atoms with Gasteiger partial charge in [0.15, 0.2) is 5.69 Å². The SMILES string of the molecule is CN(c1cccc2nc(C(F)(F)F)cn12)C1CCC(NC(=O)c2ccccc2Cl)CC1. The van der Waals surface area contributed by atoms with Crippen molar-refractivity contribution in [2.75, 3.05) is 11.9 Å². The number of pyridine rings is 1. The molecule has 0 atom stereocenters. The van der Waals surface area contributed by atoms with E-state index in [-0.39, 0.29) is 23.6 Å². The molecule has 0 radical (unpaired) electrons. The van der Waals surface area contributed by atoms with E-state index in [1.807, 2.05) is 11.9 Å². The van der Waals surface area contributed by atoms with E-state index in [1.165, 1.54) is 4.40 Å². The standard InChI is InChI=1S/C22H22ClF3N4O/c1-29(20-8-4-7-19-28-18(13-30(19)20)22(24,25)26)15-11-9-14(10-12-15)27-21(31)16-5-2-3-6-17(16)23/h2-8,13-15H,9-12H2,1H3,(H,27,31). The molecule has 5 nitrogen and oxygen atoms in total. The summed E-state index contributed by atoms with van der Waals surface area (Å²) in [5.41, 5.74) is -0.188. The molecule has 1 amide bonds. The minimum absolute atomic E-state index is 0.0364. The molecule has 0 aliphatic heterocycles. The first-order valence-electron chi connectivity index (χ1n) is 10.1. The molecule has 2 aromatic heterocycles. The molecule has 0 bridgehead atoms. The summed E-state index contributed by atoms with van der Waals surface area (Å²) < 4.78 is 40.7. The lowest BCUT2D eigenvalue weighted by Gasteiger charge is -2.36. The second kappa shape index (κ2) is 8.42. The summed E-state index contributed by atoms with van der Waals surface area (Å²) in [5.74, 6) is 0.467. The van der Waals surface area contributed by atoms with Crippen LogP contribution in [-0.2, 0) is 6.18 Å². The van der Waals surface area contributed by atoms with Gasteiger partial charge in [-0.1, -0.05) is 29.8 Å². The van der Waals surface area contributed by atoms with E-state index in [1.54, 1.807) is 42.5 Å². The van der Waals surface area contributed by atoms with Gasteiger partial charge in [0, 0.05) is 25.3 Å². The van der Waals surface area contributed by atoms with Gasteiger partial charge in [-0.15, -0.1) is 0 Å². The molecule has 9 heteroatoms. The molecule has 164 valence electrons. The Morgan fingerprint density at radius 1 is 1.13 bits per heavy atom. The number of carbonyl (C=O) groups is 1. The summed E-state index contributed by atoms with van der Waals surface area (Å²) >= 11 is 6.10. The van der Waals surface area contributed by atoms with Crippen LogP contribution in [0.3, 0.4) is 0 Å². The largest absolute Gasteiger partial charge is 0.434 e. The number of halogens is 4. The van der Waals surface area contributed by atoms with Crippen molar-refractivity contribution in [2.24, 2.45) is 0 Å². The highest BCUT2D eigenvalue weighted by Gasteiger charge is 2.34. The van der Waals surface area contributed by atoms with Crippen LogP contribution in [0.5, 0.6) is 0 Å². The highest BCUT2D eigenvalue weighted by atomic mass is 35.5. The average molecular weight is 451 g/mol. The van der Waals surface area contributed by atoms with Gasteiger partial charge in [-0.2, -0.15) is 13.2 Å². The Balaban J connectivity index is 1.43. The zero-order valence-corrected chi connectivity index (χ0v) is 17.6. The number of hydrogen-bond donors (Lipinski definition) is 1. The Morgan fingerprint density at radius 2 is 1.84 bits per heavy atom. The van der Waals surface area contributed by atoms with Gasteiger partial charge in [-0.05, 0) is 49.9 Å². The smallest absolute Gasteiger partial charge is 0.358 e. The number of benzene rings is 1. The quantitative estimate of drug-likeness (QED) is 0.595. The van der Waals surface area contributed by atoms with Crippen molar-refractivity contribution >= 4 is 29.0 Å². The zero-order chi connectivity index (χ0) is 22.2. The van der Waals surface area contributed by atoms with Crippen molar-refractivity contribution in [1.29, 1.82) is 0 Å². The fourth-order valence-corrected chi connectivity index (χ4v) is 4.34. The summed E-state index contributed by atoms with van der Waals surface area (Å²) in [4.78, 5) is 18.2. The normalized spacial score (nSPS) is 19.4. The van der Waals surface area contributed by atoms with Gasteiger partial charge in [0.05, 0.1) is 10.6 Å². The van der Waals surface area contributed by atoms with Gasteiger partial charge in [-0.3, -0.25) is 9.20 Å². The van der Waals surface area contributed by atoms with Gasteiger partial charge in [0.2, 0.25) is 0 Å². The highest BCUT2D eigenvalue weighted by Crippen LogP contribution is 2.32. The number of anilines is 1. The number of hydrogen-bond acceptors (Lipinski definition) is 3.